The number of hydrogen-bond acceptors (Lipinski definition) is 13. The number of anilines is 2. The fraction of sp³-hybridized carbons (Fsp3) is 0.347. The monoisotopic (exact) mass is 1720 g/mol. The third kappa shape index (κ3) is 15.7. The maximum absolute atomic E-state index is 14.6. The van der Waals surface area contributed by atoms with Crippen molar-refractivity contribution in [1.82, 2.24) is 58.1 Å². The molecule has 12 aromatic rings. The molecule has 1 fully saturated rings. The number of amidine groups is 1. The van der Waals surface area contributed by atoms with Crippen LogP contribution in [0.15, 0.2) is 104 Å². The minimum Gasteiger partial charge on any atom is -0.399 e. The molecule has 6 aromatic carbocycles. The number of rotatable bonds is 4. The van der Waals surface area contributed by atoms with E-state index < -0.39 is 70.5 Å². The molecule has 6 aromatic heterocycles. The van der Waals surface area contributed by atoms with Gasteiger partial charge in [-0.15, -0.1) is 0 Å². The zero-order valence-corrected chi connectivity index (χ0v) is 65.8. The summed E-state index contributed by atoms with van der Waals surface area (Å²) in [5, 5.41) is 2.55. The van der Waals surface area contributed by atoms with Gasteiger partial charge in [-0.2, -0.15) is 0 Å². The molecule has 12 heterocycles. The fourth-order valence-electron chi connectivity index (χ4n) is 14.0. The molecule has 5 atom stereocenters. The maximum atomic E-state index is 14.6. The minimum absolute atomic E-state index is 0.0120. The van der Waals surface area contributed by atoms with Gasteiger partial charge in [0.25, 0.3) is 0 Å². The topological polar surface area (TPSA) is 192 Å². The van der Waals surface area contributed by atoms with Gasteiger partial charge in [0.2, 0.25) is 10.6 Å². The molecule has 17 nitrogen and oxygen atoms in total. The molecule has 0 amide bonds. The Labute approximate surface area is 649 Å². The number of nitrogen functional groups attached to an aromatic ring is 1. The number of aliphatic imine (C=N–C) groups is 1. The second kappa shape index (κ2) is 31.0. The largest absolute Gasteiger partial charge is 0.495 e. The van der Waals surface area contributed by atoms with E-state index in [4.69, 9.17) is 38.2 Å². The third-order valence-corrected chi connectivity index (χ3v) is 21.9. The second-order valence-electron chi connectivity index (χ2n) is 28.3. The van der Waals surface area contributed by atoms with Crippen LogP contribution in [0.3, 0.4) is 0 Å². The van der Waals surface area contributed by atoms with Gasteiger partial charge >= 0.3 is 7.12 Å². The summed E-state index contributed by atoms with van der Waals surface area (Å²) >= 11 is 20.7. The molecule has 564 valence electrons. The van der Waals surface area contributed by atoms with Crippen LogP contribution in [-0.4, -0.2) is 88.3 Å². The van der Waals surface area contributed by atoms with Gasteiger partial charge in [0.05, 0.1) is 45.7 Å². The van der Waals surface area contributed by atoms with Crippen LogP contribution in [0.2, 0.25) is 10.6 Å². The van der Waals surface area contributed by atoms with E-state index in [9.17, 15) is 43.9 Å². The predicted octanol–water partition coefficient (Wildman–Crippen LogP) is 20.3. The first-order valence-electron chi connectivity index (χ1n) is 34.7. The van der Waals surface area contributed by atoms with Crippen LogP contribution in [0.5, 0.6) is 0 Å². The van der Waals surface area contributed by atoms with Crippen LogP contribution in [0.1, 0.15) is 148 Å². The Balaban J connectivity index is 0.000000116. The van der Waals surface area contributed by atoms with Crippen molar-refractivity contribution >= 4 is 145 Å². The number of benzene rings is 6. The number of nitrogens with one attached hydrogen (secondary N) is 1. The van der Waals surface area contributed by atoms with Crippen LogP contribution in [0.4, 0.5) is 55.3 Å². The first-order chi connectivity index (χ1) is 51.1. The molecule has 0 aliphatic carbocycles. The molecular weight excluding hydrogens is 1650 g/mol. The van der Waals surface area contributed by atoms with E-state index in [0.717, 1.165) is 133 Å². The molecule has 33 heteroatoms. The molecular formula is C75H69BBr3Cl2F10N15O2. The molecule has 0 bridgehead atoms. The normalized spacial score (nSPS) is 19.0. The Bertz CT molecular complexity index is 5360. The van der Waals surface area contributed by atoms with E-state index in [0.29, 0.717) is 71.1 Å². The summed E-state index contributed by atoms with van der Waals surface area (Å²) in [7, 11) is -0.554. The van der Waals surface area contributed by atoms with Crippen LogP contribution >= 0.6 is 71.0 Å². The zero-order valence-electron chi connectivity index (χ0n) is 59.5. The molecule has 3 N–H and O–H groups in total. The van der Waals surface area contributed by atoms with Crippen molar-refractivity contribution in [2.75, 3.05) is 11.1 Å². The van der Waals surface area contributed by atoms with E-state index in [2.05, 4.69) is 135 Å². The van der Waals surface area contributed by atoms with Gasteiger partial charge in [-0.05, 0) is 196 Å². The predicted molar refractivity (Wildman–Crippen MR) is 409 cm³/mol. The standard InChI is InChI=1S/C17H22BFN2O2.2C15H11ClF2N4.C11H11BrF2N2.C11H10BrFN2.C6H4BrF2N/c1-10-6-7-14-20-15-12(19)8-11(9-13(15)21(10)14)18-22-16(2,3)17(4,5)23-18;2*1-7-2-3-12-20-14-9(17)4-8(5-11(14)22(7)12)13-10(18)6-19-15(16)21-13;1-6-2-3-10(15-6)16-11-8(13)4-7(12)5-9(11)14;1-6-2-3-10-14-11-8(13)4-7(12)5-9(11)15(6)10;7-3-1-4(8)6(10)5(9)2-3/h8-10H,6-7H2,1-5H3;2*4-7H,2-3H2,1H3;4-6H,2-3H2,1H3,(H,15,16);4-6H,2-3H2,1H3;1-2H,10H2. The highest BCUT2D eigenvalue weighted by Crippen LogP contribution is 2.41. The third-order valence-electron chi connectivity index (χ3n) is 20.2. The molecule has 6 aliphatic rings. The van der Waals surface area contributed by atoms with E-state index in [-0.39, 0.29) is 57.4 Å². The van der Waals surface area contributed by atoms with E-state index >= 15 is 0 Å². The molecule has 0 spiro atoms. The Kier molecular flexibility index (Phi) is 22.4. The molecule has 0 radical (unpaired) electrons. The molecule has 0 saturated carbocycles. The number of aryl methyl sites for hydroxylation is 4. The van der Waals surface area contributed by atoms with Crippen molar-refractivity contribution in [2.45, 2.75) is 168 Å². The first kappa shape index (κ1) is 78.1. The lowest BCUT2D eigenvalue weighted by Gasteiger charge is -2.32. The summed E-state index contributed by atoms with van der Waals surface area (Å²) in [5.41, 5.74) is 9.52. The molecule has 108 heavy (non-hydrogen) atoms. The maximum Gasteiger partial charge on any atom is 0.495 e. The summed E-state index contributed by atoms with van der Waals surface area (Å²) < 4.78 is 159. The van der Waals surface area contributed by atoms with Gasteiger partial charge in [0, 0.05) is 86.9 Å². The lowest BCUT2D eigenvalue weighted by atomic mass is 9.79. The quantitative estimate of drug-likeness (QED) is 0.0734. The highest BCUT2D eigenvalue weighted by molar-refractivity contribution is 9.11. The van der Waals surface area contributed by atoms with Crippen molar-refractivity contribution in [3.63, 3.8) is 0 Å². The Morgan fingerprint density at radius 3 is 1.17 bits per heavy atom. The lowest BCUT2D eigenvalue weighted by molar-refractivity contribution is 0.00578. The summed E-state index contributed by atoms with van der Waals surface area (Å²) in [6.45, 7) is 18.4. The molecule has 18 rings (SSSR count). The Hall–Kier alpha value is -8.07. The molecule has 6 aliphatic heterocycles. The van der Waals surface area contributed by atoms with Crippen LogP contribution in [0, 0.1) is 58.2 Å². The number of aromatic nitrogens is 12. The number of fused-ring (bicyclic) bond motifs is 12. The Morgan fingerprint density at radius 1 is 0.435 bits per heavy atom. The fourth-order valence-corrected chi connectivity index (χ4v) is 15.5. The number of hydrogen-bond donors (Lipinski definition) is 2. The minimum atomic E-state index is -0.744. The van der Waals surface area contributed by atoms with Gasteiger partial charge in [0.1, 0.15) is 85.6 Å². The number of halogens is 15. The molecule has 1 saturated heterocycles. The second-order valence-corrected chi connectivity index (χ2v) is 31.7. The number of nitrogens with zero attached hydrogens (tertiary/aromatic N) is 13. The number of imidazole rings is 4. The van der Waals surface area contributed by atoms with E-state index in [1.165, 1.54) is 36.4 Å². The summed E-state index contributed by atoms with van der Waals surface area (Å²) in [4.78, 5) is 36.7. The van der Waals surface area contributed by atoms with Gasteiger partial charge in [-0.3, -0.25) is 4.99 Å². The lowest BCUT2D eigenvalue weighted by Crippen LogP contribution is -2.41. The van der Waals surface area contributed by atoms with Crippen molar-refractivity contribution in [2.24, 2.45) is 4.99 Å². The van der Waals surface area contributed by atoms with Gasteiger partial charge in [0.15, 0.2) is 46.5 Å². The van der Waals surface area contributed by atoms with Gasteiger partial charge in [-0.1, -0.05) is 47.8 Å². The van der Waals surface area contributed by atoms with Crippen LogP contribution < -0.4 is 16.5 Å². The number of nitrogens with two attached hydrogens (primary N) is 1. The average Bonchev–Trinajstić information content (AvgIpc) is 1.60. The average molecular weight is 1720 g/mol. The van der Waals surface area contributed by atoms with Gasteiger partial charge < -0.3 is 38.6 Å². The summed E-state index contributed by atoms with van der Waals surface area (Å²) in [6, 6.07) is 18.9. The summed E-state index contributed by atoms with van der Waals surface area (Å²) in [5.74, 6) is -1.18. The molecule has 5 unspecified atom stereocenters. The van der Waals surface area contributed by atoms with E-state index in [1.807, 2.05) is 55.9 Å². The Morgan fingerprint density at radius 2 is 0.778 bits per heavy atom. The highest BCUT2D eigenvalue weighted by atomic mass is 79.9. The van der Waals surface area contributed by atoms with Gasteiger partial charge in [-0.25, -0.2) is 83.8 Å². The van der Waals surface area contributed by atoms with Crippen molar-refractivity contribution in [3.05, 3.63) is 191 Å². The highest BCUT2D eigenvalue weighted by Gasteiger charge is 2.52. The van der Waals surface area contributed by atoms with Crippen molar-refractivity contribution < 1.29 is 53.2 Å². The van der Waals surface area contributed by atoms with Crippen molar-refractivity contribution in [1.29, 1.82) is 0 Å². The SMILES string of the molecule is CC1CCC(Nc2c(F)cc(Br)cc2F)=N1.CC1CCc2nc3c(F)cc(-c4nc(Cl)ncc4F)cc3n21.CC1CCc2nc3c(F)cc(-c4nc(Cl)ncc4F)cc3n21.CC1CCc2nc3c(F)cc(B4OC(C)(C)C(C)(C)O4)cc3n21.CC1CCc2nc3c(F)cc(Br)cc3n21.Nc1c(F)cc(Br)cc1F. The smallest absolute Gasteiger partial charge is 0.399 e. The van der Waals surface area contributed by atoms with Crippen LogP contribution in [0.25, 0.3) is 66.6 Å². The summed E-state index contributed by atoms with van der Waals surface area (Å²) in [6.07, 6.45) is 11.2. The van der Waals surface area contributed by atoms with Crippen LogP contribution in [-0.2, 0) is 35.0 Å². The van der Waals surface area contributed by atoms with Crippen molar-refractivity contribution in [3.8, 4) is 22.5 Å². The zero-order chi connectivity index (χ0) is 77.4. The van der Waals surface area contributed by atoms with E-state index in [1.54, 1.807) is 12.1 Å². The first-order valence-corrected chi connectivity index (χ1v) is 37.8.